The van der Waals surface area contributed by atoms with Gasteiger partial charge in [0.25, 0.3) is 5.91 Å². The third-order valence-electron chi connectivity index (χ3n) is 4.89. The van der Waals surface area contributed by atoms with Crippen molar-refractivity contribution in [2.75, 3.05) is 37.4 Å². The number of urea groups is 1. The number of hydrogen-bond acceptors (Lipinski definition) is 6. The minimum absolute atomic E-state index is 0.00554. The van der Waals surface area contributed by atoms with E-state index in [1.807, 2.05) is 37.3 Å². The summed E-state index contributed by atoms with van der Waals surface area (Å²) in [5.74, 6) is 0.368. The average molecular weight is 374 g/mol. The number of hydrogen-bond donors (Lipinski definition) is 3. The molecule has 3 rings (SSSR count). The summed E-state index contributed by atoms with van der Waals surface area (Å²) in [4.78, 5) is 43.4. The molecule has 2 fully saturated rings. The van der Waals surface area contributed by atoms with Crippen LogP contribution < -0.4 is 20.9 Å². The van der Waals surface area contributed by atoms with Gasteiger partial charge in [0.15, 0.2) is 0 Å². The van der Waals surface area contributed by atoms with E-state index in [4.69, 9.17) is 0 Å². The van der Waals surface area contributed by atoms with Crippen molar-refractivity contribution in [3.8, 4) is 0 Å². The Bertz CT molecular complexity index is 706. The fraction of sp³-hybridized carbons (Fsp3) is 0.556. The molecular formula is C18H26N6O3. The van der Waals surface area contributed by atoms with Crippen LogP contribution in [0.25, 0.3) is 0 Å². The summed E-state index contributed by atoms with van der Waals surface area (Å²) in [5.41, 5.74) is 0.968. The number of likely N-dealkylation sites (tertiary alicyclic amines) is 1. The molecule has 3 N–H and O–H groups in total. The Labute approximate surface area is 158 Å². The molecule has 1 aromatic rings. The largest absolute Gasteiger partial charge is 0.381 e. The van der Waals surface area contributed by atoms with E-state index in [9.17, 15) is 14.4 Å². The predicted molar refractivity (Wildman–Crippen MR) is 101 cm³/mol. The highest BCUT2D eigenvalue weighted by Crippen LogP contribution is 2.19. The van der Waals surface area contributed by atoms with Crippen LogP contribution in [-0.4, -0.2) is 67.0 Å². The van der Waals surface area contributed by atoms with Crippen molar-refractivity contribution in [1.82, 2.24) is 20.5 Å². The van der Waals surface area contributed by atoms with Gasteiger partial charge in [0.2, 0.25) is 5.91 Å². The molecule has 2 aliphatic heterocycles. The second-order valence-electron chi connectivity index (χ2n) is 7.17. The number of rotatable bonds is 5. The highest BCUT2D eigenvalue weighted by atomic mass is 16.2. The lowest BCUT2D eigenvalue weighted by molar-refractivity contribution is -0.133. The lowest BCUT2D eigenvalue weighted by Crippen LogP contribution is -2.39. The van der Waals surface area contributed by atoms with Crippen molar-refractivity contribution in [2.45, 2.75) is 37.8 Å². The van der Waals surface area contributed by atoms with Gasteiger partial charge in [-0.2, -0.15) is 0 Å². The molecule has 2 aliphatic rings. The van der Waals surface area contributed by atoms with Crippen molar-refractivity contribution in [2.24, 2.45) is 0 Å². The van der Waals surface area contributed by atoms with Gasteiger partial charge in [0, 0.05) is 33.2 Å². The number of carbonyl (C=O) groups excluding carboxylic acids is 3. The predicted octanol–water partition coefficient (Wildman–Crippen LogP) is 0.539. The standard InChI is InChI=1S/C18H26N6O3/c1-23(2)15-6-5-13(11-19-15)20-12-4-3-8-24(9-7-12)16(25)10-14-17(26)22-18(27)21-14/h5-6,11-12,14,20H,3-4,7-10H2,1-2H3,(H2,21,22,26,27)/t12-,14+/m1/s1. The van der Waals surface area contributed by atoms with E-state index < -0.39 is 18.0 Å². The Morgan fingerprint density at radius 1 is 1.30 bits per heavy atom. The maximum absolute atomic E-state index is 12.5. The fourth-order valence-electron chi connectivity index (χ4n) is 3.37. The Balaban J connectivity index is 1.50. The van der Waals surface area contributed by atoms with E-state index in [-0.39, 0.29) is 18.4 Å². The topological polar surface area (TPSA) is 107 Å². The molecule has 9 nitrogen and oxygen atoms in total. The van der Waals surface area contributed by atoms with Crippen molar-refractivity contribution < 1.29 is 14.4 Å². The van der Waals surface area contributed by atoms with Crippen LogP contribution >= 0.6 is 0 Å². The summed E-state index contributed by atoms with van der Waals surface area (Å²) >= 11 is 0. The van der Waals surface area contributed by atoms with Crippen LogP contribution in [0.2, 0.25) is 0 Å². The first-order valence-corrected chi connectivity index (χ1v) is 9.21. The maximum atomic E-state index is 12.5. The van der Waals surface area contributed by atoms with Crippen LogP contribution in [0.1, 0.15) is 25.7 Å². The molecular weight excluding hydrogens is 348 g/mol. The first-order valence-electron chi connectivity index (χ1n) is 9.21. The molecule has 0 saturated carbocycles. The number of imide groups is 1. The first kappa shape index (κ1) is 18.9. The van der Waals surface area contributed by atoms with E-state index >= 15 is 0 Å². The summed E-state index contributed by atoms with van der Waals surface area (Å²) in [6.07, 6.45) is 4.50. The van der Waals surface area contributed by atoms with E-state index in [0.717, 1.165) is 30.8 Å². The molecule has 0 spiro atoms. The summed E-state index contributed by atoms with van der Waals surface area (Å²) in [5, 5.41) is 8.12. The van der Waals surface area contributed by atoms with Gasteiger partial charge in [-0.3, -0.25) is 14.9 Å². The molecule has 146 valence electrons. The molecule has 1 aromatic heterocycles. The molecule has 3 heterocycles. The van der Waals surface area contributed by atoms with Gasteiger partial charge in [0.05, 0.1) is 18.3 Å². The van der Waals surface area contributed by atoms with Crippen LogP contribution in [0.5, 0.6) is 0 Å². The minimum atomic E-state index is -0.761. The van der Waals surface area contributed by atoms with E-state index in [2.05, 4.69) is 20.9 Å². The molecule has 9 heteroatoms. The summed E-state index contributed by atoms with van der Waals surface area (Å²) in [6.45, 7) is 1.29. The summed E-state index contributed by atoms with van der Waals surface area (Å²) in [6, 6.07) is 2.95. The van der Waals surface area contributed by atoms with E-state index in [0.29, 0.717) is 13.1 Å². The van der Waals surface area contributed by atoms with Crippen LogP contribution in [0, 0.1) is 0 Å². The van der Waals surface area contributed by atoms with E-state index in [1.54, 1.807) is 4.90 Å². The number of nitrogens with zero attached hydrogens (tertiary/aromatic N) is 3. The number of aromatic nitrogens is 1. The Morgan fingerprint density at radius 2 is 2.11 bits per heavy atom. The van der Waals surface area contributed by atoms with Crippen LogP contribution in [0.4, 0.5) is 16.3 Å². The molecule has 27 heavy (non-hydrogen) atoms. The third kappa shape index (κ3) is 4.87. The monoisotopic (exact) mass is 374 g/mol. The number of pyridine rings is 1. The van der Waals surface area contributed by atoms with Crippen molar-refractivity contribution in [1.29, 1.82) is 0 Å². The highest BCUT2D eigenvalue weighted by molar-refractivity contribution is 6.05. The SMILES string of the molecule is CN(C)c1ccc(N[C@@H]2CCCN(C(=O)C[C@@H]3NC(=O)NC3=O)CC2)cn1. The Morgan fingerprint density at radius 3 is 2.74 bits per heavy atom. The molecule has 2 saturated heterocycles. The molecule has 4 amide bonds. The molecule has 0 bridgehead atoms. The Kier molecular flexibility index (Phi) is 5.78. The third-order valence-corrected chi connectivity index (χ3v) is 4.89. The van der Waals surface area contributed by atoms with Gasteiger partial charge < -0.3 is 20.4 Å². The normalized spacial score (nSPS) is 22.7. The van der Waals surface area contributed by atoms with Crippen LogP contribution in [0.15, 0.2) is 18.3 Å². The number of amides is 4. The van der Waals surface area contributed by atoms with Gasteiger partial charge >= 0.3 is 6.03 Å². The smallest absolute Gasteiger partial charge is 0.322 e. The summed E-state index contributed by atoms with van der Waals surface area (Å²) in [7, 11) is 3.90. The van der Waals surface area contributed by atoms with E-state index in [1.165, 1.54) is 0 Å². The van der Waals surface area contributed by atoms with Gasteiger partial charge in [-0.1, -0.05) is 0 Å². The second kappa shape index (κ2) is 8.24. The first-order chi connectivity index (χ1) is 12.9. The molecule has 0 radical (unpaired) electrons. The number of nitrogens with one attached hydrogen (secondary N) is 3. The lowest BCUT2D eigenvalue weighted by atomic mass is 10.1. The van der Waals surface area contributed by atoms with Crippen LogP contribution in [-0.2, 0) is 9.59 Å². The van der Waals surface area contributed by atoms with Crippen molar-refractivity contribution in [3.63, 3.8) is 0 Å². The zero-order valence-electron chi connectivity index (χ0n) is 15.7. The van der Waals surface area contributed by atoms with Gasteiger partial charge in [0.1, 0.15) is 11.9 Å². The average Bonchev–Trinajstić information content (AvgIpc) is 2.82. The maximum Gasteiger partial charge on any atom is 0.322 e. The zero-order chi connectivity index (χ0) is 19.4. The molecule has 0 unspecified atom stereocenters. The van der Waals surface area contributed by atoms with Gasteiger partial charge in [-0.15, -0.1) is 0 Å². The van der Waals surface area contributed by atoms with Gasteiger partial charge in [-0.25, -0.2) is 9.78 Å². The zero-order valence-corrected chi connectivity index (χ0v) is 15.7. The van der Waals surface area contributed by atoms with Crippen molar-refractivity contribution >= 4 is 29.4 Å². The molecule has 0 aliphatic carbocycles. The highest BCUT2D eigenvalue weighted by Gasteiger charge is 2.33. The van der Waals surface area contributed by atoms with Gasteiger partial charge in [-0.05, 0) is 31.4 Å². The molecule has 0 aromatic carbocycles. The summed E-state index contributed by atoms with van der Waals surface area (Å²) < 4.78 is 0. The quantitative estimate of drug-likeness (QED) is 0.650. The Hall–Kier alpha value is -2.84. The lowest BCUT2D eigenvalue weighted by Gasteiger charge is -2.22. The van der Waals surface area contributed by atoms with Crippen molar-refractivity contribution in [3.05, 3.63) is 18.3 Å². The fourth-order valence-corrected chi connectivity index (χ4v) is 3.37. The number of anilines is 2. The van der Waals surface area contributed by atoms with Crippen LogP contribution in [0.3, 0.4) is 0 Å². The number of carbonyl (C=O) groups is 3. The molecule has 2 atom stereocenters. The second-order valence-corrected chi connectivity index (χ2v) is 7.17. The minimum Gasteiger partial charge on any atom is -0.381 e.